The molecule has 5 heteroatoms. The summed E-state index contributed by atoms with van der Waals surface area (Å²) in [5, 5.41) is 3.15. The first-order chi connectivity index (χ1) is 11.1. The Bertz CT molecular complexity index is 636. The molecule has 0 radical (unpaired) electrons. The van der Waals surface area contributed by atoms with E-state index < -0.39 is 0 Å². The predicted octanol–water partition coefficient (Wildman–Crippen LogP) is 3.49. The lowest BCUT2D eigenvalue weighted by atomic mass is 9.94. The highest BCUT2D eigenvalue weighted by atomic mass is 35.5. The van der Waals surface area contributed by atoms with Crippen molar-refractivity contribution >= 4 is 23.4 Å². The highest BCUT2D eigenvalue weighted by Gasteiger charge is 2.42. The Hall–Kier alpha value is -1.81. The van der Waals surface area contributed by atoms with Gasteiger partial charge in [-0.3, -0.25) is 14.5 Å². The Morgan fingerprint density at radius 1 is 1.09 bits per heavy atom. The molecule has 1 aliphatic heterocycles. The van der Waals surface area contributed by atoms with E-state index in [-0.39, 0.29) is 34.6 Å². The van der Waals surface area contributed by atoms with E-state index in [1.165, 1.54) is 11.3 Å². The molecule has 0 bridgehead atoms. The minimum Gasteiger partial charge on any atom is -0.373 e. The van der Waals surface area contributed by atoms with Gasteiger partial charge in [-0.1, -0.05) is 61.2 Å². The molecule has 4 nitrogen and oxygen atoms in total. The normalized spacial score (nSPS) is 21.0. The smallest absolute Gasteiger partial charge is 0.278 e. The van der Waals surface area contributed by atoms with E-state index in [0.717, 1.165) is 31.2 Å². The molecule has 0 spiro atoms. The van der Waals surface area contributed by atoms with Crippen molar-refractivity contribution in [2.24, 2.45) is 0 Å². The van der Waals surface area contributed by atoms with Gasteiger partial charge in [-0.15, -0.1) is 0 Å². The third-order valence-corrected chi connectivity index (χ3v) is 5.01. The molecular formula is C18H21ClN2O2. The fourth-order valence-corrected chi connectivity index (χ4v) is 3.58. The first kappa shape index (κ1) is 16.1. The second kappa shape index (κ2) is 6.75. The number of nitrogens with one attached hydrogen (secondary N) is 1. The molecule has 1 aromatic carbocycles. The molecule has 1 heterocycles. The summed E-state index contributed by atoms with van der Waals surface area (Å²) in [6, 6.07) is 9.68. The number of nitrogens with zero attached hydrogens (tertiary/aromatic N) is 1. The molecule has 122 valence electrons. The van der Waals surface area contributed by atoms with Gasteiger partial charge in [-0.25, -0.2) is 0 Å². The van der Waals surface area contributed by atoms with Crippen molar-refractivity contribution in [2.45, 2.75) is 51.1 Å². The molecule has 3 rings (SSSR count). The number of hydrogen-bond donors (Lipinski definition) is 1. The molecule has 2 amide bonds. The average molecular weight is 333 g/mol. The van der Waals surface area contributed by atoms with Crippen LogP contribution in [0.4, 0.5) is 0 Å². The summed E-state index contributed by atoms with van der Waals surface area (Å²) in [6.45, 7) is 1.95. The highest BCUT2D eigenvalue weighted by Crippen LogP contribution is 2.31. The Labute approximate surface area is 141 Å². The molecule has 1 saturated carbocycles. The highest BCUT2D eigenvalue weighted by molar-refractivity contribution is 6.47. The van der Waals surface area contributed by atoms with E-state index in [9.17, 15) is 9.59 Å². The van der Waals surface area contributed by atoms with Crippen LogP contribution in [0.3, 0.4) is 0 Å². The molecule has 0 aromatic heterocycles. The number of benzene rings is 1. The molecular weight excluding hydrogens is 312 g/mol. The summed E-state index contributed by atoms with van der Waals surface area (Å²) >= 11 is 6.17. The van der Waals surface area contributed by atoms with Gasteiger partial charge in [0.2, 0.25) is 0 Å². The molecule has 1 atom stereocenters. The third-order valence-electron chi connectivity index (χ3n) is 4.66. The maximum absolute atomic E-state index is 12.7. The number of amides is 2. The third kappa shape index (κ3) is 3.13. The fourth-order valence-electron chi connectivity index (χ4n) is 3.36. The fraction of sp³-hybridized carbons (Fsp3) is 0.444. The molecule has 1 aliphatic carbocycles. The quantitative estimate of drug-likeness (QED) is 0.859. The lowest BCUT2D eigenvalue weighted by Gasteiger charge is -2.29. The van der Waals surface area contributed by atoms with Crippen molar-refractivity contribution in [3.05, 3.63) is 46.6 Å². The number of carbonyl (C=O) groups excluding carboxylic acids is 2. The number of hydrogen-bond acceptors (Lipinski definition) is 3. The summed E-state index contributed by atoms with van der Waals surface area (Å²) in [4.78, 5) is 26.5. The number of halogens is 1. The summed E-state index contributed by atoms with van der Waals surface area (Å²) < 4.78 is 0. The molecule has 23 heavy (non-hydrogen) atoms. The van der Waals surface area contributed by atoms with Crippen molar-refractivity contribution in [3.8, 4) is 0 Å². The summed E-state index contributed by atoms with van der Waals surface area (Å²) in [6.07, 6.45) is 5.04. The standard InChI is InChI=1S/C18H21ClN2O2/c1-12(13-8-4-2-5-9-13)20-16-15(19)17(22)21(18(16)23)14-10-6-3-7-11-14/h2,4-5,8-9,12,14,20H,3,6-7,10-11H2,1H3. The minimum absolute atomic E-state index is 0.0103. The van der Waals surface area contributed by atoms with Crippen molar-refractivity contribution in [1.82, 2.24) is 10.2 Å². The Balaban J connectivity index is 1.76. The lowest BCUT2D eigenvalue weighted by Crippen LogP contribution is -2.43. The van der Waals surface area contributed by atoms with Crippen molar-refractivity contribution < 1.29 is 9.59 Å². The summed E-state index contributed by atoms with van der Waals surface area (Å²) in [5.74, 6) is -0.638. The van der Waals surface area contributed by atoms with Gasteiger partial charge in [0.25, 0.3) is 11.8 Å². The SMILES string of the molecule is CC(NC1=C(Cl)C(=O)N(C2CCCCC2)C1=O)c1ccccc1. The van der Waals surface area contributed by atoms with Gasteiger partial charge in [0.15, 0.2) is 0 Å². The van der Waals surface area contributed by atoms with Gasteiger partial charge >= 0.3 is 0 Å². The predicted molar refractivity (Wildman–Crippen MR) is 89.6 cm³/mol. The van der Waals surface area contributed by atoms with E-state index in [1.807, 2.05) is 37.3 Å². The topological polar surface area (TPSA) is 49.4 Å². The van der Waals surface area contributed by atoms with E-state index in [4.69, 9.17) is 11.6 Å². The van der Waals surface area contributed by atoms with Crippen LogP contribution in [0.25, 0.3) is 0 Å². The van der Waals surface area contributed by atoms with Gasteiger partial charge in [0.05, 0.1) is 0 Å². The zero-order valence-electron chi connectivity index (χ0n) is 13.2. The second-order valence-corrected chi connectivity index (χ2v) is 6.62. The van der Waals surface area contributed by atoms with Crippen LogP contribution in [0.1, 0.15) is 50.6 Å². The molecule has 1 fully saturated rings. The van der Waals surface area contributed by atoms with E-state index in [0.29, 0.717) is 0 Å². The molecule has 1 N–H and O–H groups in total. The molecule has 2 aliphatic rings. The number of carbonyl (C=O) groups is 2. The van der Waals surface area contributed by atoms with E-state index in [1.54, 1.807) is 0 Å². The summed E-state index contributed by atoms with van der Waals surface area (Å²) in [7, 11) is 0. The monoisotopic (exact) mass is 332 g/mol. The van der Waals surface area contributed by atoms with Crippen LogP contribution in [0.15, 0.2) is 41.1 Å². The van der Waals surface area contributed by atoms with Crippen LogP contribution in [0, 0.1) is 0 Å². The van der Waals surface area contributed by atoms with E-state index >= 15 is 0 Å². The Morgan fingerprint density at radius 2 is 1.74 bits per heavy atom. The number of rotatable bonds is 4. The zero-order chi connectivity index (χ0) is 16.4. The van der Waals surface area contributed by atoms with Gasteiger partial charge in [0.1, 0.15) is 10.7 Å². The van der Waals surface area contributed by atoms with Crippen molar-refractivity contribution in [1.29, 1.82) is 0 Å². The average Bonchev–Trinajstić information content (AvgIpc) is 2.80. The Kier molecular flexibility index (Phi) is 4.71. The molecule has 0 saturated heterocycles. The largest absolute Gasteiger partial charge is 0.373 e. The lowest BCUT2D eigenvalue weighted by molar-refractivity contribution is -0.140. The number of imide groups is 1. The van der Waals surface area contributed by atoms with Crippen molar-refractivity contribution in [3.63, 3.8) is 0 Å². The Morgan fingerprint density at radius 3 is 2.39 bits per heavy atom. The summed E-state index contributed by atoms with van der Waals surface area (Å²) in [5.41, 5.74) is 1.28. The van der Waals surface area contributed by atoms with Gasteiger partial charge in [-0.05, 0) is 25.3 Å². The van der Waals surface area contributed by atoms with Crippen molar-refractivity contribution in [2.75, 3.05) is 0 Å². The van der Waals surface area contributed by atoms with Crippen LogP contribution in [-0.2, 0) is 9.59 Å². The molecule has 1 aromatic rings. The van der Waals surface area contributed by atoms with E-state index in [2.05, 4.69) is 5.32 Å². The maximum Gasteiger partial charge on any atom is 0.278 e. The second-order valence-electron chi connectivity index (χ2n) is 6.24. The van der Waals surface area contributed by atoms with Crippen LogP contribution in [0.5, 0.6) is 0 Å². The van der Waals surface area contributed by atoms with Gasteiger partial charge in [-0.2, -0.15) is 0 Å². The first-order valence-corrected chi connectivity index (χ1v) is 8.56. The van der Waals surface area contributed by atoms with Crippen LogP contribution in [0.2, 0.25) is 0 Å². The van der Waals surface area contributed by atoms with Crippen LogP contribution in [-0.4, -0.2) is 22.8 Å². The van der Waals surface area contributed by atoms with Crippen LogP contribution >= 0.6 is 11.6 Å². The van der Waals surface area contributed by atoms with Crippen LogP contribution < -0.4 is 5.32 Å². The zero-order valence-corrected chi connectivity index (χ0v) is 14.0. The van der Waals surface area contributed by atoms with Gasteiger partial charge < -0.3 is 5.32 Å². The maximum atomic E-state index is 12.7. The van der Waals surface area contributed by atoms with Gasteiger partial charge in [0, 0.05) is 12.1 Å². The minimum atomic E-state index is -0.355. The first-order valence-electron chi connectivity index (χ1n) is 8.18. The molecule has 1 unspecified atom stereocenters.